The van der Waals surface area contributed by atoms with E-state index >= 15 is 0 Å². The van der Waals surface area contributed by atoms with Crippen LogP contribution in [0.25, 0.3) is 99.9 Å². The number of fused-ring (bicyclic) bond motifs is 6. The molecule has 0 fully saturated rings. The Morgan fingerprint density at radius 1 is 0.472 bits per heavy atom. The standard InChI is InChI=1S/C47H32N4O2/c1-50-40-24-22-34(27-41(40)51(2)47(50)52)33-13-8-14-35(26-33)39-28-38(48-46(49-39)32-11-4-3-5-12-32)31-20-18-30(19-21-31)37-16-9-17-42-44(37)45-36-15-7-6-10-29(36)23-25-43(45)53-42/h3-28H,1-2H3. The predicted molar refractivity (Wildman–Crippen MR) is 216 cm³/mol. The molecular formula is C47H32N4O2. The number of rotatable bonds is 5. The fourth-order valence-electron chi connectivity index (χ4n) is 7.65. The second-order valence-electron chi connectivity index (χ2n) is 13.5. The van der Waals surface area contributed by atoms with E-state index in [9.17, 15) is 4.79 Å². The summed E-state index contributed by atoms with van der Waals surface area (Å²) in [6.45, 7) is 0. The van der Waals surface area contributed by atoms with Crippen LogP contribution < -0.4 is 5.69 Å². The first kappa shape index (κ1) is 30.7. The van der Waals surface area contributed by atoms with Gasteiger partial charge < -0.3 is 4.42 Å². The zero-order valence-corrected chi connectivity index (χ0v) is 29.1. The first-order valence-electron chi connectivity index (χ1n) is 17.6. The quantitative estimate of drug-likeness (QED) is 0.181. The van der Waals surface area contributed by atoms with Crippen LogP contribution in [0.15, 0.2) is 167 Å². The molecule has 0 saturated carbocycles. The Morgan fingerprint density at radius 2 is 1.11 bits per heavy atom. The van der Waals surface area contributed by atoms with Gasteiger partial charge in [0.25, 0.3) is 0 Å². The second kappa shape index (κ2) is 12.0. The first-order chi connectivity index (χ1) is 26.0. The molecule has 0 saturated heterocycles. The van der Waals surface area contributed by atoms with Crippen molar-refractivity contribution in [2.75, 3.05) is 0 Å². The number of hydrogen-bond donors (Lipinski definition) is 0. The Kier molecular flexibility index (Phi) is 6.98. The third-order valence-corrected chi connectivity index (χ3v) is 10.4. The van der Waals surface area contributed by atoms with E-state index in [1.54, 1.807) is 16.2 Å². The number of aryl methyl sites for hydroxylation is 2. The van der Waals surface area contributed by atoms with Crippen molar-refractivity contribution >= 4 is 43.7 Å². The van der Waals surface area contributed by atoms with Gasteiger partial charge in [0.05, 0.1) is 22.4 Å². The molecule has 6 heteroatoms. The lowest BCUT2D eigenvalue weighted by Crippen LogP contribution is -2.19. The highest BCUT2D eigenvalue weighted by Crippen LogP contribution is 2.41. The van der Waals surface area contributed by atoms with Crippen molar-refractivity contribution in [3.8, 4) is 56.2 Å². The van der Waals surface area contributed by atoms with Crippen LogP contribution in [0, 0.1) is 0 Å². The molecule has 0 amide bonds. The summed E-state index contributed by atoms with van der Waals surface area (Å²) in [5.74, 6) is 0.662. The third kappa shape index (κ3) is 5.06. The number of nitrogens with zero attached hydrogens (tertiary/aromatic N) is 4. The molecule has 6 nitrogen and oxygen atoms in total. The van der Waals surface area contributed by atoms with Crippen LogP contribution in [-0.2, 0) is 14.1 Å². The highest BCUT2D eigenvalue weighted by molar-refractivity contribution is 6.22. The SMILES string of the molecule is Cn1c(=O)n(C)c2cc(-c3cccc(-c4cc(-c5ccc(-c6cccc7oc8ccc9ccccc9c8c67)cc5)nc(-c5ccccc5)n4)c3)ccc21. The summed E-state index contributed by atoms with van der Waals surface area (Å²) in [6, 6.07) is 54.3. The van der Waals surface area contributed by atoms with E-state index in [1.807, 2.05) is 49.5 Å². The third-order valence-electron chi connectivity index (χ3n) is 10.4. The Hall–Kier alpha value is -7.05. The summed E-state index contributed by atoms with van der Waals surface area (Å²) in [6.07, 6.45) is 0. The van der Waals surface area contributed by atoms with E-state index in [1.165, 1.54) is 10.8 Å². The summed E-state index contributed by atoms with van der Waals surface area (Å²) in [5, 5.41) is 4.64. The lowest BCUT2D eigenvalue weighted by molar-refractivity contribution is 0.669. The molecule has 7 aromatic carbocycles. The molecule has 0 radical (unpaired) electrons. The van der Waals surface area contributed by atoms with Gasteiger partial charge in [-0.05, 0) is 69.4 Å². The van der Waals surface area contributed by atoms with Gasteiger partial charge in [-0.25, -0.2) is 14.8 Å². The van der Waals surface area contributed by atoms with Crippen molar-refractivity contribution in [3.05, 3.63) is 168 Å². The van der Waals surface area contributed by atoms with E-state index in [2.05, 4.69) is 115 Å². The minimum absolute atomic E-state index is 0.0402. The molecule has 53 heavy (non-hydrogen) atoms. The normalized spacial score (nSPS) is 11.7. The van der Waals surface area contributed by atoms with Gasteiger partial charge in [0.1, 0.15) is 11.2 Å². The van der Waals surface area contributed by atoms with Crippen LogP contribution >= 0.6 is 0 Å². The lowest BCUT2D eigenvalue weighted by Gasteiger charge is -2.11. The van der Waals surface area contributed by atoms with Gasteiger partial charge in [-0.15, -0.1) is 0 Å². The Labute approximate surface area is 304 Å². The minimum atomic E-state index is -0.0402. The Bertz CT molecular complexity index is 3100. The molecule has 3 aromatic heterocycles. The molecule has 0 spiro atoms. The molecule has 0 aliphatic carbocycles. The van der Waals surface area contributed by atoms with Crippen LogP contribution in [0.3, 0.4) is 0 Å². The molecule has 0 aliphatic rings. The molecule has 0 aliphatic heterocycles. The van der Waals surface area contributed by atoms with Gasteiger partial charge in [-0.1, -0.05) is 121 Å². The van der Waals surface area contributed by atoms with Crippen molar-refractivity contribution in [2.24, 2.45) is 14.1 Å². The maximum absolute atomic E-state index is 12.6. The summed E-state index contributed by atoms with van der Waals surface area (Å²) in [7, 11) is 3.62. The van der Waals surface area contributed by atoms with Crippen molar-refractivity contribution in [3.63, 3.8) is 0 Å². The fourth-order valence-corrected chi connectivity index (χ4v) is 7.65. The molecule has 252 valence electrons. The molecule has 10 aromatic rings. The first-order valence-corrected chi connectivity index (χ1v) is 17.6. The monoisotopic (exact) mass is 684 g/mol. The number of hydrogen-bond acceptors (Lipinski definition) is 4. The molecule has 0 atom stereocenters. The Balaban J connectivity index is 1.08. The highest BCUT2D eigenvalue weighted by atomic mass is 16.3. The predicted octanol–water partition coefficient (Wildman–Crippen LogP) is 11.1. The summed E-state index contributed by atoms with van der Waals surface area (Å²) in [4.78, 5) is 22.8. The second-order valence-corrected chi connectivity index (χ2v) is 13.5. The molecule has 0 bridgehead atoms. The highest BCUT2D eigenvalue weighted by Gasteiger charge is 2.17. The summed E-state index contributed by atoms with van der Waals surface area (Å²) >= 11 is 0. The van der Waals surface area contributed by atoms with Gasteiger partial charge >= 0.3 is 5.69 Å². The maximum atomic E-state index is 12.6. The average Bonchev–Trinajstić information content (AvgIpc) is 3.72. The Morgan fingerprint density at radius 3 is 1.96 bits per heavy atom. The van der Waals surface area contributed by atoms with Gasteiger partial charge in [0, 0.05) is 41.6 Å². The minimum Gasteiger partial charge on any atom is -0.456 e. The van der Waals surface area contributed by atoms with Crippen molar-refractivity contribution in [1.29, 1.82) is 0 Å². The largest absolute Gasteiger partial charge is 0.456 e. The average molecular weight is 685 g/mol. The van der Waals surface area contributed by atoms with E-state index in [4.69, 9.17) is 14.4 Å². The number of furan rings is 1. The molecule has 0 N–H and O–H groups in total. The molecule has 10 rings (SSSR count). The van der Waals surface area contributed by atoms with E-state index in [0.717, 1.165) is 83.3 Å². The van der Waals surface area contributed by atoms with Gasteiger partial charge in [0.2, 0.25) is 0 Å². The van der Waals surface area contributed by atoms with E-state index in [-0.39, 0.29) is 5.69 Å². The molecule has 3 heterocycles. The van der Waals surface area contributed by atoms with Gasteiger partial charge in [-0.3, -0.25) is 9.13 Å². The van der Waals surface area contributed by atoms with Crippen LogP contribution in [-0.4, -0.2) is 19.1 Å². The number of imidazole rings is 1. The molecule has 0 unspecified atom stereocenters. The van der Waals surface area contributed by atoms with Crippen LogP contribution in [0.1, 0.15) is 0 Å². The van der Waals surface area contributed by atoms with E-state index < -0.39 is 0 Å². The van der Waals surface area contributed by atoms with Crippen molar-refractivity contribution in [1.82, 2.24) is 19.1 Å². The van der Waals surface area contributed by atoms with Crippen LogP contribution in [0.5, 0.6) is 0 Å². The van der Waals surface area contributed by atoms with Gasteiger partial charge in [-0.2, -0.15) is 0 Å². The summed E-state index contributed by atoms with van der Waals surface area (Å²) < 4.78 is 9.73. The zero-order valence-electron chi connectivity index (χ0n) is 29.1. The topological polar surface area (TPSA) is 65.8 Å². The number of benzene rings is 7. The maximum Gasteiger partial charge on any atom is 0.328 e. The fraction of sp³-hybridized carbons (Fsp3) is 0.0426. The van der Waals surface area contributed by atoms with E-state index in [0.29, 0.717) is 5.82 Å². The lowest BCUT2D eigenvalue weighted by atomic mass is 9.95. The van der Waals surface area contributed by atoms with Crippen LogP contribution in [0.2, 0.25) is 0 Å². The van der Waals surface area contributed by atoms with Gasteiger partial charge in [0.15, 0.2) is 5.82 Å². The molecular weight excluding hydrogens is 653 g/mol. The summed E-state index contributed by atoms with van der Waals surface area (Å²) in [5.41, 5.74) is 12.4. The smallest absolute Gasteiger partial charge is 0.328 e. The zero-order chi connectivity index (χ0) is 35.6. The van der Waals surface area contributed by atoms with Crippen LogP contribution in [0.4, 0.5) is 0 Å². The number of aromatic nitrogens is 4. The van der Waals surface area contributed by atoms with Crippen molar-refractivity contribution in [2.45, 2.75) is 0 Å². The van der Waals surface area contributed by atoms with Crippen molar-refractivity contribution < 1.29 is 4.42 Å².